The molecule has 0 saturated carbocycles. The van der Waals surface area contributed by atoms with Crippen LogP contribution in [0.25, 0.3) is 0 Å². The van der Waals surface area contributed by atoms with Gasteiger partial charge in [0.2, 0.25) is 11.8 Å². The molecule has 0 unspecified atom stereocenters. The fourth-order valence-corrected chi connectivity index (χ4v) is 4.88. The molecule has 12 nitrogen and oxygen atoms in total. The Morgan fingerprint density at radius 3 is 1.57 bits per heavy atom. The Morgan fingerprint density at radius 1 is 0.738 bits per heavy atom. The summed E-state index contributed by atoms with van der Waals surface area (Å²) in [5.74, 6) is -1.97. The van der Waals surface area contributed by atoms with Crippen molar-refractivity contribution in [3.8, 4) is 0 Å². The first kappa shape index (κ1) is 36.3. The van der Waals surface area contributed by atoms with Crippen molar-refractivity contribution in [3.63, 3.8) is 0 Å². The van der Waals surface area contributed by atoms with Crippen molar-refractivity contribution >= 4 is 54.4 Å². The summed E-state index contributed by atoms with van der Waals surface area (Å²) in [5, 5.41) is 14.9. The number of carboxylic acids is 1. The summed E-state index contributed by atoms with van der Waals surface area (Å²) in [4.78, 5) is 61.4. The van der Waals surface area contributed by atoms with Gasteiger partial charge in [0.25, 0.3) is 11.8 Å². The lowest BCUT2D eigenvalue weighted by Crippen LogP contribution is -2.44. The number of halogens is 2. The summed E-state index contributed by atoms with van der Waals surface area (Å²) in [6, 6.07) is 16.5. The van der Waals surface area contributed by atoms with Crippen LogP contribution in [-0.2, 0) is 14.4 Å². The molecule has 0 bridgehead atoms. The number of nitrogens with zero attached hydrogens (tertiary/aromatic N) is 2. The summed E-state index contributed by atoms with van der Waals surface area (Å²) in [6.07, 6.45) is 0.948. The molecule has 4 amide bonds. The molecule has 2 saturated heterocycles. The van der Waals surface area contributed by atoms with E-state index in [1.807, 2.05) is 25.1 Å². The number of carboxylic acid groups (broad SMARTS) is 1. The Balaban J connectivity index is 0.000000403. The molecular formula is C28H38Cl2N6O6. The first-order valence-electron chi connectivity index (χ1n) is 13.1. The number of likely N-dealkylation sites (tertiary alicyclic amines) is 2. The Morgan fingerprint density at radius 2 is 1.14 bits per heavy atom. The minimum absolute atomic E-state index is 0. The fraction of sp³-hybridized carbons (Fsp3) is 0.393. The lowest BCUT2D eigenvalue weighted by Gasteiger charge is -2.20. The number of carbonyl (C=O) groups is 5. The van der Waals surface area contributed by atoms with Gasteiger partial charge in [-0.05, 0) is 37.6 Å². The molecule has 0 radical (unpaired) electrons. The third-order valence-corrected chi connectivity index (χ3v) is 6.89. The molecule has 230 valence electrons. The predicted molar refractivity (Wildman–Crippen MR) is 162 cm³/mol. The molecule has 2 aliphatic heterocycles. The quantitative estimate of drug-likeness (QED) is 0.296. The van der Waals surface area contributed by atoms with Gasteiger partial charge in [0.15, 0.2) is 0 Å². The molecule has 0 aliphatic carbocycles. The first-order valence-corrected chi connectivity index (χ1v) is 13.1. The molecule has 2 fully saturated rings. The zero-order valence-corrected chi connectivity index (χ0v) is 24.8. The summed E-state index contributed by atoms with van der Waals surface area (Å²) in [6.45, 7) is 2.44. The van der Waals surface area contributed by atoms with E-state index in [2.05, 4.69) is 10.6 Å². The lowest BCUT2D eigenvalue weighted by atomic mass is 10.1. The molecule has 42 heavy (non-hydrogen) atoms. The van der Waals surface area contributed by atoms with E-state index < -0.39 is 24.0 Å². The van der Waals surface area contributed by atoms with E-state index in [0.29, 0.717) is 17.7 Å². The van der Waals surface area contributed by atoms with Gasteiger partial charge in [-0.25, -0.2) is 4.79 Å². The van der Waals surface area contributed by atoms with Crippen molar-refractivity contribution in [2.45, 2.75) is 43.9 Å². The highest BCUT2D eigenvalue weighted by Gasteiger charge is 2.39. The molecule has 7 N–H and O–H groups in total. The molecule has 4 atom stereocenters. The highest BCUT2D eigenvalue weighted by Crippen LogP contribution is 2.19. The fourth-order valence-electron chi connectivity index (χ4n) is 4.88. The standard InChI is InChI=1S/C14H17N3O4.C14H19N3O2.2ClH/c15-7-12(18)17-8-10(6-11(17)14(20)21)16-13(19)9-4-2-1-3-5-9;1-10-7-12(9-17(10)13(18)8-15)16-14(19)11-5-3-2-4-6-11;;/h1-5,10-11H,6-8,15H2,(H,16,19)(H,20,21);2-6,10,12H,7-9,15H2,1H3,(H,16,19);2*1H/t10-,11+;10-,12+;;/m11../s1. The van der Waals surface area contributed by atoms with Crippen LogP contribution >= 0.6 is 24.8 Å². The van der Waals surface area contributed by atoms with Gasteiger partial charge in [0.1, 0.15) is 6.04 Å². The number of aliphatic carboxylic acids is 1. The number of hydrogen-bond acceptors (Lipinski definition) is 7. The number of hydrogen-bond donors (Lipinski definition) is 5. The minimum Gasteiger partial charge on any atom is -0.480 e. The Hall–Kier alpha value is -3.71. The maximum absolute atomic E-state index is 12.0. The Bertz CT molecular complexity index is 1210. The monoisotopic (exact) mass is 624 g/mol. The van der Waals surface area contributed by atoms with Gasteiger partial charge in [0, 0.05) is 48.8 Å². The van der Waals surface area contributed by atoms with Gasteiger partial charge in [-0.3, -0.25) is 19.2 Å². The van der Waals surface area contributed by atoms with Crippen molar-refractivity contribution < 1.29 is 29.1 Å². The summed E-state index contributed by atoms with van der Waals surface area (Å²) in [7, 11) is 0. The van der Waals surface area contributed by atoms with Crippen LogP contribution in [0.5, 0.6) is 0 Å². The summed E-state index contributed by atoms with van der Waals surface area (Å²) >= 11 is 0. The molecule has 2 aliphatic rings. The number of amides is 4. The van der Waals surface area contributed by atoms with Gasteiger partial charge in [-0.2, -0.15) is 0 Å². The number of rotatable bonds is 7. The minimum atomic E-state index is -1.09. The van der Waals surface area contributed by atoms with Crippen molar-refractivity contribution in [1.82, 2.24) is 20.4 Å². The number of carbonyl (C=O) groups excluding carboxylic acids is 4. The highest BCUT2D eigenvalue weighted by molar-refractivity contribution is 5.95. The van der Waals surface area contributed by atoms with Gasteiger partial charge >= 0.3 is 5.97 Å². The second kappa shape index (κ2) is 17.3. The van der Waals surface area contributed by atoms with Gasteiger partial charge in [0.05, 0.1) is 13.1 Å². The van der Waals surface area contributed by atoms with Crippen LogP contribution < -0.4 is 22.1 Å². The lowest BCUT2D eigenvalue weighted by molar-refractivity contribution is -0.147. The molecular weight excluding hydrogens is 587 g/mol. The van der Waals surface area contributed by atoms with Crippen LogP contribution in [0.3, 0.4) is 0 Å². The summed E-state index contributed by atoms with van der Waals surface area (Å²) in [5.41, 5.74) is 11.8. The van der Waals surface area contributed by atoms with Crippen LogP contribution in [0.4, 0.5) is 0 Å². The van der Waals surface area contributed by atoms with Gasteiger partial charge in [-0.1, -0.05) is 36.4 Å². The van der Waals surface area contributed by atoms with Crippen LogP contribution in [0, 0.1) is 0 Å². The Labute approximate surface area is 257 Å². The van der Waals surface area contributed by atoms with Crippen molar-refractivity contribution in [3.05, 3.63) is 71.8 Å². The molecule has 2 heterocycles. The normalized spacial score (nSPS) is 20.6. The van der Waals surface area contributed by atoms with E-state index in [9.17, 15) is 24.0 Å². The SMILES string of the molecule is C[C@@H]1C[C@H](NC(=O)c2ccccc2)CN1C(=O)CN.Cl.Cl.NCC(=O)N1C[C@H](NC(=O)c2ccccc2)C[C@H]1C(=O)O. The van der Waals surface area contributed by atoms with Crippen LogP contribution in [0.2, 0.25) is 0 Å². The zero-order chi connectivity index (χ0) is 29.2. The number of benzene rings is 2. The second-order valence-corrected chi connectivity index (χ2v) is 9.75. The maximum atomic E-state index is 12.0. The van der Waals surface area contributed by atoms with Crippen molar-refractivity contribution in [2.24, 2.45) is 11.5 Å². The molecule has 4 rings (SSSR count). The van der Waals surface area contributed by atoms with E-state index in [-0.39, 0.29) is 80.7 Å². The molecule has 2 aromatic carbocycles. The van der Waals surface area contributed by atoms with Crippen LogP contribution in [0.15, 0.2) is 60.7 Å². The number of nitrogens with one attached hydrogen (secondary N) is 2. The third-order valence-electron chi connectivity index (χ3n) is 6.89. The average Bonchev–Trinajstić information content (AvgIpc) is 3.56. The van der Waals surface area contributed by atoms with E-state index in [1.54, 1.807) is 47.4 Å². The molecule has 0 aromatic heterocycles. The first-order chi connectivity index (χ1) is 19.1. The predicted octanol–water partition coefficient (Wildman–Crippen LogP) is 0.637. The number of nitrogens with two attached hydrogens (primary N) is 2. The molecule has 0 spiro atoms. The molecule has 14 heteroatoms. The van der Waals surface area contributed by atoms with E-state index >= 15 is 0 Å². The van der Waals surface area contributed by atoms with E-state index in [0.717, 1.165) is 6.42 Å². The van der Waals surface area contributed by atoms with Crippen LogP contribution in [-0.4, -0.2) is 94.9 Å². The summed E-state index contributed by atoms with van der Waals surface area (Å²) < 4.78 is 0. The van der Waals surface area contributed by atoms with Crippen molar-refractivity contribution in [1.29, 1.82) is 0 Å². The van der Waals surface area contributed by atoms with Crippen molar-refractivity contribution in [2.75, 3.05) is 26.2 Å². The highest BCUT2D eigenvalue weighted by atomic mass is 35.5. The second-order valence-electron chi connectivity index (χ2n) is 9.75. The van der Waals surface area contributed by atoms with Crippen LogP contribution in [0.1, 0.15) is 40.5 Å². The van der Waals surface area contributed by atoms with E-state index in [4.69, 9.17) is 16.6 Å². The smallest absolute Gasteiger partial charge is 0.326 e. The van der Waals surface area contributed by atoms with Gasteiger partial charge in [-0.15, -0.1) is 24.8 Å². The maximum Gasteiger partial charge on any atom is 0.326 e. The Kier molecular flexibility index (Phi) is 15.0. The topological polar surface area (TPSA) is 188 Å². The van der Waals surface area contributed by atoms with Gasteiger partial charge < -0.3 is 37.0 Å². The zero-order valence-electron chi connectivity index (χ0n) is 23.2. The third kappa shape index (κ3) is 9.69. The molecule has 2 aromatic rings. The average molecular weight is 626 g/mol. The largest absolute Gasteiger partial charge is 0.480 e. The van der Waals surface area contributed by atoms with E-state index in [1.165, 1.54) is 4.90 Å².